The summed E-state index contributed by atoms with van der Waals surface area (Å²) >= 11 is 0. The highest BCUT2D eigenvalue weighted by atomic mass is 35.5. The van der Waals surface area contributed by atoms with Gasteiger partial charge in [0.2, 0.25) is 0 Å². The zero-order valence-electron chi connectivity index (χ0n) is 7.17. The number of carbonyl (C=O) groups is 1. The molecule has 0 aliphatic carbocycles. The Bertz CT molecular complexity index is 246. The van der Waals surface area contributed by atoms with Gasteiger partial charge in [0.05, 0.1) is 0 Å². The average molecular weight is 231 g/mol. The van der Waals surface area contributed by atoms with E-state index in [1.54, 1.807) is 0 Å². The van der Waals surface area contributed by atoms with E-state index < -0.39 is 12.1 Å². The van der Waals surface area contributed by atoms with Crippen LogP contribution in [0.3, 0.4) is 0 Å². The van der Waals surface area contributed by atoms with Crippen molar-refractivity contribution in [1.82, 2.24) is 10.2 Å². The van der Waals surface area contributed by atoms with E-state index in [4.69, 9.17) is 0 Å². The van der Waals surface area contributed by atoms with Gasteiger partial charge in [-0.05, 0) is 6.42 Å². The number of fused-ring (bicyclic) bond motifs is 2. The van der Waals surface area contributed by atoms with E-state index in [1.807, 2.05) is 0 Å². The predicted molar refractivity (Wildman–Crippen MR) is 45.2 cm³/mol. The molecule has 0 aromatic rings. The Labute approximate surface area is 85.0 Å². The van der Waals surface area contributed by atoms with Gasteiger partial charge >= 0.3 is 12.1 Å². The Morgan fingerprint density at radius 3 is 2.43 bits per heavy atom. The van der Waals surface area contributed by atoms with Crippen LogP contribution in [0.4, 0.5) is 13.2 Å². The molecule has 2 saturated heterocycles. The lowest BCUT2D eigenvalue weighted by Gasteiger charge is -2.27. The van der Waals surface area contributed by atoms with Crippen LogP contribution in [0.25, 0.3) is 0 Å². The molecule has 2 rings (SSSR count). The lowest BCUT2D eigenvalue weighted by Crippen LogP contribution is -2.51. The second-order valence-electron chi connectivity index (χ2n) is 3.45. The van der Waals surface area contributed by atoms with Crippen molar-refractivity contribution >= 4 is 18.3 Å². The van der Waals surface area contributed by atoms with Crippen molar-refractivity contribution in [3.8, 4) is 0 Å². The van der Waals surface area contributed by atoms with Crippen molar-refractivity contribution < 1.29 is 18.0 Å². The lowest BCUT2D eigenvalue weighted by atomic mass is 10.2. The second-order valence-corrected chi connectivity index (χ2v) is 3.45. The summed E-state index contributed by atoms with van der Waals surface area (Å²) in [6.45, 7) is 0.690. The van der Waals surface area contributed by atoms with Gasteiger partial charge in [0.1, 0.15) is 0 Å². The summed E-state index contributed by atoms with van der Waals surface area (Å²) in [7, 11) is 0. The summed E-state index contributed by atoms with van der Waals surface area (Å²) in [5.74, 6) is -1.69. The highest BCUT2D eigenvalue weighted by molar-refractivity contribution is 5.85. The summed E-state index contributed by atoms with van der Waals surface area (Å²) < 4.78 is 36.0. The number of halogens is 4. The molecule has 7 heteroatoms. The first kappa shape index (κ1) is 11.6. The molecule has 0 spiro atoms. The lowest BCUT2D eigenvalue weighted by molar-refractivity contribution is -0.186. The molecular formula is C7H10ClF3N2O. The van der Waals surface area contributed by atoms with Gasteiger partial charge in [-0.1, -0.05) is 0 Å². The van der Waals surface area contributed by atoms with Crippen LogP contribution in [-0.4, -0.2) is 42.2 Å². The third-order valence-electron chi connectivity index (χ3n) is 2.56. The topological polar surface area (TPSA) is 32.3 Å². The van der Waals surface area contributed by atoms with Crippen LogP contribution >= 0.6 is 12.4 Å². The molecule has 2 aliphatic heterocycles. The number of hydrogen-bond acceptors (Lipinski definition) is 2. The number of carbonyl (C=O) groups excluding carboxylic acids is 1. The molecule has 1 N–H and O–H groups in total. The van der Waals surface area contributed by atoms with Gasteiger partial charge < -0.3 is 10.2 Å². The highest BCUT2D eigenvalue weighted by Gasteiger charge is 2.49. The van der Waals surface area contributed by atoms with Gasteiger partial charge in [0.25, 0.3) is 0 Å². The Hall–Kier alpha value is -0.490. The summed E-state index contributed by atoms with van der Waals surface area (Å²) in [6, 6.07) is -0.185. The predicted octanol–water partition coefficient (Wildman–Crippen LogP) is 0.543. The number of hydrogen-bond donors (Lipinski definition) is 1. The molecule has 1 amide bonds. The summed E-state index contributed by atoms with van der Waals surface area (Å²) in [5, 5.41) is 3.03. The standard InChI is InChI=1S/C7H9F3N2O.ClH/c8-7(9,10)6(13)12-3-4-1-5(12)2-11-4;/h4-5,11H,1-3H2;1H. The van der Waals surface area contributed by atoms with Crippen molar-refractivity contribution in [2.24, 2.45) is 0 Å². The fraction of sp³-hybridized carbons (Fsp3) is 0.857. The third-order valence-corrected chi connectivity index (χ3v) is 2.56. The molecule has 2 heterocycles. The Morgan fingerprint density at radius 1 is 1.43 bits per heavy atom. The van der Waals surface area contributed by atoms with Crippen LogP contribution in [0.15, 0.2) is 0 Å². The largest absolute Gasteiger partial charge is 0.471 e. The SMILES string of the molecule is Cl.O=C(N1CC2CC1CN2)C(F)(F)F. The van der Waals surface area contributed by atoms with E-state index in [1.165, 1.54) is 0 Å². The first-order valence-corrected chi connectivity index (χ1v) is 4.09. The first-order valence-electron chi connectivity index (χ1n) is 4.09. The quantitative estimate of drug-likeness (QED) is 0.659. The maximum atomic E-state index is 12.0. The molecule has 2 unspecified atom stereocenters. The Morgan fingerprint density at radius 2 is 2.07 bits per heavy atom. The molecule has 2 atom stereocenters. The fourth-order valence-corrected chi connectivity index (χ4v) is 1.97. The van der Waals surface area contributed by atoms with Crippen molar-refractivity contribution in [3.05, 3.63) is 0 Å². The monoisotopic (exact) mass is 230 g/mol. The van der Waals surface area contributed by atoms with E-state index >= 15 is 0 Å². The van der Waals surface area contributed by atoms with Gasteiger partial charge in [0, 0.05) is 25.2 Å². The molecule has 2 fully saturated rings. The van der Waals surface area contributed by atoms with Gasteiger partial charge in [0.15, 0.2) is 0 Å². The number of likely N-dealkylation sites (tertiary alicyclic amines) is 1. The maximum absolute atomic E-state index is 12.0. The van der Waals surface area contributed by atoms with Crippen LogP contribution < -0.4 is 5.32 Å². The number of alkyl halides is 3. The van der Waals surface area contributed by atoms with E-state index in [0.717, 1.165) is 4.90 Å². The summed E-state index contributed by atoms with van der Waals surface area (Å²) in [5.41, 5.74) is 0. The second kappa shape index (κ2) is 3.58. The molecule has 0 aromatic carbocycles. The smallest absolute Gasteiger partial charge is 0.329 e. The molecule has 2 aliphatic rings. The van der Waals surface area contributed by atoms with Crippen LogP contribution in [0.2, 0.25) is 0 Å². The molecular weight excluding hydrogens is 221 g/mol. The molecule has 2 bridgehead atoms. The summed E-state index contributed by atoms with van der Waals surface area (Å²) in [4.78, 5) is 11.8. The molecule has 14 heavy (non-hydrogen) atoms. The third kappa shape index (κ3) is 1.81. The van der Waals surface area contributed by atoms with Crippen LogP contribution in [0, 0.1) is 0 Å². The van der Waals surface area contributed by atoms with Crippen LogP contribution in [0.1, 0.15) is 6.42 Å². The van der Waals surface area contributed by atoms with E-state index in [9.17, 15) is 18.0 Å². The average Bonchev–Trinajstić information content (AvgIpc) is 2.60. The molecule has 0 saturated carbocycles. The number of nitrogens with one attached hydrogen (secondary N) is 1. The minimum absolute atomic E-state index is 0. The van der Waals surface area contributed by atoms with Crippen LogP contribution in [0.5, 0.6) is 0 Å². The van der Waals surface area contributed by atoms with Gasteiger partial charge in [-0.15, -0.1) is 12.4 Å². The molecule has 0 radical (unpaired) electrons. The van der Waals surface area contributed by atoms with Gasteiger partial charge in [-0.2, -0.15) is 13.2 Å². The van der Waals surface area contributed by atoms with Crippen molar-refractivity contribution in [3.63, 3.8) is 0 Å². The van der Waals surface area contributed by atoms with E-state index in [0.29, 0.717) is 13.0 Å². The highest BCUT2D eigenvalue weighted by Crippen LogP contribution is 2.28. The zero-order valence-corrected chi connectivity index (χ0v) is 7.99. The minimum Gasteiger partial charge on any atom is -0.329 e. The number of rotatable bonds is 0. The number of nitrogens with zero attached hydrogens (tertiary/aromatic N) is 1. The van der Waals surface area contributed by atoms with E-state index in [2.05, 4.69) is 5.32 Å². The number of piperazine rings is 1. The molecule has 3 nitrogen and oxygen atoms in total. The van der Waals surface area contributed by atoms with Crippen LogP contribution in [-0.2, 0) is 4.79 Å². The van der Waals surface area contributed by atoms with E-state index in [-0.39, 0.29) is 31.0 Å². The van der Waals surface area contributed by atoms with Gasteiger partial charge in [-0.25, -0.2) is 0 Å². The summed E-state index contributed by atoms with van der Waals surface area (Å²) in [6.07, 6.45) is -4.06. The van der Waals surface area contributed by atoms with Crippen molar-refractivity contribution in [1.29, 1.82) is 0 Å². The maximum Gasteiger partial charge on any atom is 0.471 e. The Balaban J connectivity index is 0.000000980. The minimum atomic E-state index is -4.72. The van der Waals surface area contributed by atoms with Gasteiger partial charge in [-0.3, -0.25) is 4.79 Å². The number of amides is 1. The fourth-order valence-electron chi connectivity index (χ4n) is 1.97. The normalized spacial score (nSPS) is 30.4. The first-order chi connectivity index (χ1) is 5.98. The van der Waals surface area contributed by atoms with Crippen molar-refractivity contribution in [2.75, 3.05) is 13.1 Å². The molecule has 0 aromatic heterocycles. The van der Waals surface area contributed by atoms with Crippen molar-refractivity contribution in [2.45, 2.75) is 24.7 Å². The zero-order chi connectivity index (χ0) is 9.64. The molecule has 82 valence electrons. The Kier molecular flexibility index (Phi) is 2.96.